The molecule has 1 aliphatic rings. The first-order chi connectivity index (χ1) is 11.5. The van der Waals surface area contributed by atoms with Crippen LogP contribution in [0.25, 0.3) is 0 Å². The van der Waals surface area contributed by atoms with Gasteiger partial charge in [0, 0.05) is 46.0 Å². The maximum Gasteiger partial charge on any atom is 0.127 e. The number of likely N-dealkylation sites (N-methyl/N-ethyl adjacent to an activating group) is 2. The first kappa shape index (κ1) is 16.9. The van der Waals surface area contributed by atoms with E-state index >= 15 is 0 Å². The molecule has 24 heavy (non-hydrogen) atoms. The number of hydrogen-bond donors (Lipinski definition) is 0. The average molecular weight is 324 g/mol. The van der Waals surface area contributed by atoms with Crippen LogP contribution in [-0.4, -0.2) is 55.6 Å². The van der Waals surface area contributed by atoms with Gasteiger partial charge in [-0.1, -0.05) is 30.3 Å². The van der Waals surface area contributed by atoms with Crippen molar-refractivity contribution in [2.24, 2.45) is 0 Å². The van der Waals surface area contributed by atoms with E-state index in [9.17, 15) is 0 Å². The predicted molar refractivity (Wildman–Crippen MR) is 100 cm³/mol. The fourth-order valence-electron chi connectivity index (χ4n) is 3.43. The number of hydrogen-bond acceptors (Lipinski definition) is 4. The van der Waals surface area contributed by atoms with Gasteiger partial charge in [0.2, 0.25) is 0 Å². The summed E-state index contributed by atoms with van der Waals surface area (Å²) in [6, 6.07) is 13.7. The van der Waals surface area contributed by atoms with Crippen LogP contribution in [0.5, 0.6) is 0 Å². The van der Waals surface area contributed by atoms with Crippen molar-refractivity contribution in [1.29, 1.82) is 0 Å². The monoisotopic (exact) mass is 324 g/mol. The highest BCUT2D eigenvalue weighted by molar-refractivity contribution is 5.37. The van der Waals surface area contributed by atoms with Crippen LogP contribution in [0.2, 0.25) is 0 Å². The Labute approximate surface area is 145 Å². The van der Waals surface area contributed by atoms with E-state index in [2.05, 4.69) is 65.3 Å². The van der Waals surface area contributed by atoms with Crippen molar-refractivity contribution in [3.8, 4) is 0 Å². The van der Waals surface area contributed by atoms with Crippen molar-refractivity contribution in [3.63, 3.8) is 0 Å². The van der Waals surface area contributed by atoms with Crippen LogP contribution in [0.4, 0.5) is 5.82 Å². The van der Waals surface area contributed by atoms with E-state index in [1.807, 2.05) is 25.2 Å². The van der Waals surface area contributed by atoms with E-state index < -0.39 is 0 Å². The van der Waals surface area contributed by atoms with Gasteiger partial charge in [-0.15, -0.1) is 0 Å². The molecular formula is C20H28N4. The van der Waals surface area contributed by atoms with Gasteiger partial charge in [-0.2, -0.15) is 0 Å². The molecule has 0 fully saturated rings. The highest BCUT2D eigenvalue weighted by Crippen LogP contribution is 2.22. The summed E-state index contributed by atoms with van der Waals surface area (Å²) in [6.07, 6.45) is 3.13. The zero-order chi connectivity index (χ0) is 17.1. The minimum atomic E-state index is 0.568. The first-order valence-corrected chi connectivity index (χ1v) is 8.61. The molecule has 1 atom stereocenters. The summed E-state index contributed by atoms with van der Waals surface area (Å²) in [4.78, 5) is 11.4. The highest BCUT2D eigenvalue weighted by Gasteiger charge is 2.24. The highest BCUT2D eigenvalue weighted by atomic mass is 15.2. The minimum absolute atomic E-state index is 0.568. The molecule has 1 aliphatic heterocycles. The molecule has 0 saturated carbocycles. The number of anilines is 1. The maximum atomic E-state index is 4.51. The third kappa shape index (κ3) is 3.94. The predicted octanol–water partition coefficient (Wildman–Crippen LogP) is 2.64. The van der Waals surface area contributed by atoms with Gasteiger partial charge in [0.25, 0.3) is 0 Å². The summed E-state index contributed by atoms with van der Waals surface area (Å²) < 4.78 is 0. The lowest BCUT2D eigenvalue weighted by atomic mass is 9.94. The smallest absolute Gasteiger partial charge is 0.127 e. The molecule has 3 rings (SSSR count). The molecule has 128 valence electrons. The van der Waals surface area contributed by atoms with E-state index in [0.29, 0.717) is 6.04 Å². The van der Waals surface area contributed by atoms with Crippen molar-refractivity contribution in [3.05, 3.63) is 59.3 Å². The Morgan fingerprint density at radius 1 is 1.08 bits per heavy atom. The Balaban J connectivity index is 1.59. The molecule has 2 aromatic rings. The van der Waals surface area contributed by atoms with Crippen molar-refractivity contribution in [1.82, 2.24) is 14.8 Å². The molecule has 0 amide bonds. The molecule has 0 radical (unpaired) electrons. The van der Waals surface area contributed by atoms with E-state index in [4.69, 9.17) is 0 Å². The summed E-state index contributed by atoms with van der Waals surface area (Å²) in [5.74, 6) is 1.00. The van der Waals surface area contributed by atoms with Crippen LogP contribution in [0.1, 0.15) is 16.7 Å². The van der Waals surface area contributed by atoms with E-state index in [1.54, 1.807) is 0 Å². The van der Waals surface area contributed by atoms with Crippen LogP contribution in [0.3, 0.4) is 0 Å². The number of pyridine rings is 1. The Morgan fingerprint density at radius 3 is 2.50 bits per heavy atom. The van der Waals surface area contributed by atoms with E-state index in [0.717, 1.165) is 31.9 Å². The summed E-state index contributed by atoms with van der Waals surface area (Å²) in [5, 5.41) is 0. The van der Waals surface area contributed by atoms with Gasteiger partial charge in [-0.3, -0.25) is 4.90 Å². The SMILES string of the molecule is CN(Cc1ccc(N(C)C)nc1)C[C@H]1Cc2ccccc2CN1C. The quantitative estimate of drug-likeness (QED) is 0.843. The molecule has 0 bridgehead atoms. The molecule has 1 aromatic heterocycles. The number of aromatic nitrogens is 1. The van der Waals surface area contributed by atoms with Crippen LogP contribution in [0, 0.1) is 0 Å². The lowest BCUT2D eigenvalue weighted by Gasteiger charge is -2.36. The van der Waals surface area contributed by atoms with Gasteiger partial charge in [-0.25, -0.2) is 4.98 Å². The molecule has 0 saturated heterocycles. The van der Waals surface area contributed by atoms with Crippen LogP contribution < -0.4 is 4.90 Å². The first-order valence-electron chi connectivity index (χ1n) is 8.61. The van der Waals surface area contributed by atoms with Gasteiger partial charge < -0.3 is 9.80 Å². The van der Waals surface area contributed by atoms with Crippen molar-refractivity contribution in [2.45, 2.75) is 25.6 Å². The molecule has 0 N–H and O–H groups in total. The zero-order valence-electron chi connectivity index (χ0n) is 15.2. The van der Waals surface area contributed by atoms with Crippen molar-refractivity contribution < 1.29 is 0 Å². The largest absolute Gasteiger partial charge is 0.363 e. The zero-order valence-corrected chi connectivity index (χ0v) is 15.2. The fourth-order valence-corrected chi connectivity index (χ4v) is 3.43. The lowest BCUT2D eigenvalue weighted by molar-refractivity contribution is 0.158. The molecular weight excluding hydrogens is 296 g/mol. The summed E-state index contributed by atoms with van der Waals surface area (Å²) in [6.45, 7) is 3.06. The summed E-state index contributed by atoms with van der Waals surface area (Å²) in [5.41, 5.74) is 4.25. The Hall–Kier alpha value is -1.91. The molecule has 4 nitrogen and oxygen atoms in total. The van der Waals surface area contributed by atoms with Crippen molar-refractivity contribution in [2.75, 3.05) is 39.6 Å². The average Bonchev–Trinajstić information content (AvgIpc) is 2.56. The normalized spacial score (nSPS) is 17.8. The Bertz CT molecular complexity index is 666. The van der Waals surface area contributed by atoms with E-state index in [1.165, 1.54) is 16.7 Å². The summed E-state index contributed by atoms with van der Waals surface area (Å²) >= 11 is 0. The lowest BCUT2D eigenvalue weighted by Crippen LogP contribution is -2.44. The molecule has 4 heteroatoms. The van der Waals surface area contributed by atoms with Crippen LogP contribution in [0.15, 0.2) is 42.6 Å². The third-order valence-electron chi connectivity index (χ3n) is 4.86. The number of fused-ring (bicyclic) bond motifs is 1. The van der Waals surface area contributed by atoms with Gasteiger partial charge in [0.1, 0.15) is 5.82 Å². The van der Waals surface area contributed by atoms with Gasteiger partial charge in [0.15, 0.2) is 0 Å². The standard InChI is InChI=1S/C20H28N4/c1-22(2)20-10-9-16(12-21-20)13-23(3)15-19-11-17-7-5-6-8-18(17)14-24(19)4/h5-10,12,19H,11,13-15H2,1-4H3/t19-/m1/s1. The number of nitrogens with zero attached hydrogens (tertiary/aromatic N) is 4. The van der Waals surface area contributed by atoms with Gasteiger partial charge >= 0.3 is 0 Å². The molecule has 0 spiro atoms. The molecule has 1 aromatic carbocycles. The molecule has 2 heterocycles. The summed E-state index contributed by atoms with van der Waals surface area (Å²) in [7, 11) is 8.48. The van der Waals surface area contributed by atoms with Crippen LogP contribution >= 0.6 is 0 Å². The fraction of sp³-hybridized carbons (Fsp3) is 0.450. The third-order valence-corrected chi connectivity index (χ3v) is 4.86. The maximum absolute atomic E-state index is 4.51. The second kappa shape index (κ2) is 7.32. The molecule has 0 aliphatic carbocycles. The van der Waals surface area contributed by atoms with Gasteiger partial charge in [0.05, 0.1) is 0 Å². The van der Waals surface area contributed by atoms with Crippen molar-refractivity contribution >= 4 is 5.82 Å². The minimum Gasteiger partial charge on any atom is -0.363 e. The molecule has 0 unspecified atom stereocenters. The second-order valence-corrected chi connectivity index (χ2v) is 7.16. The van der Waals surface area contributed by atoms with Crippen LogP contribution in [-0.2, 0) is 19.5 Å². The van der Waals surface area contributed by atoms with Gasteiger partial charge in [-0.05, 0) is 43.3 Å². The topological polar surface area (TPSA) is 22.6 Å². The number of benzene rings is 1. The second-order valence-electron chi connectivity index (χ2n) is 7.16. The Morgan fingerprint density at radius 2 is 1.83 bits per heavy atom. The van der Waals surface area contributed by atoms with E-state index in [-0.39, 0.29) is 0 Å². The Kier molecular flexibility index (Phi) is 5.17. The number of rotatable bonds is 5.